The van der Waals surface area contributed by atoms with Crippen LogP contribution in [0.25, 0.3) is 0 Å². The van der Waals surface area contributed by atoms with Crippen LogP contribution in [0.5, 0.6) is 0 Å². The lowest BCUT2D eigenvalue weighted by atomic mass is 9.98. The second-order valence-electron chi connectivity index (χ2n) is 5.94. The third-order valence-corrected chi connectivity index (χ3v) is 6.05. The fourth-order valence-electron chi connectivity index (χ4n) is 3.10. The number of hydrogen-bond acceptors (Lipinski definition) is 3. The zero-order chi connectivity index (χ0) is 15.0. The summed E-state index contributed by atoms with van der Waals surface area (Å²) in [5.74, 6) is 0. The zero-order valence-electron chi connectivity index (χ0n) is 12.8. The van der Waals surface area contributed by atoms with Crippen LogP contribution in [0.15, 0.2) is 16.7 Å². The molecule has 21 heavy (non-hydrogen) atoms. The predicted octanol–water partition coefficient (Wildman–Crippen LogP) is 4.48. The normalized spacial score (nSPS) is 16.2. The van der Waals surface area contributed by atoms with E-state index in [9.17, 15) is 0 Å². The highest BCUT2D eigenvalue weighted by Crippen LogP contribution is 2.37. The molecular weight excluding hydrogens is 346 g/mol. The molecule has 1 aliphatic rings. The van der Waals surface area contributed by atoms with Gasteiger partial charge in [-0.15, -0.1) is 11.3 Å². The van der Waals surface area contributed by atoms with Crippen LogP contribution in [0, 0.1) is 0 Å². The fourth-order valence-corrected chi connectivity index (χ4v) is 4.98. The Morgan fingerprint density at radius 1 is 1.33 bits per heavy atom. The van der Waals surface area contributed by atoms with Crippen LogP contribution in [0.4, 0.5) is 0 Å². The van der Waals surface area contributed by atoms with Crippen molar-refractivity contribution in [3.8, 4) is 0 Å². The summed E-state index contributed by atoms with van der Waals surface area (Å²) in [7, 11) is 2.04. The molecule has 0 radical (unpaired) electrons. The largest absolute Gasteiger partial charge is 0.307 e. The minimum Gasteiger partial charge on any atom is -0.307 e. The molecule has 1 N–H and O–H groups in total. The van der Waals surface area contributed by atoms with Gasteiger partial charge in [-0.25, -0.2) is 0 Å². The first-order chi connectivity index (χ1) is 10.1. The van der Waals surface area contributed by atoms with E-state index in [1.807, 2.05) is 24.6 Å². The monoisotopic (exact) mass is 367 g/mol. The van der Waals surface area contributed by atoms with Crippen molar-refractivity contribution in [2.45, 2.75) is 51.6 Å². The van der Waals surface area contributed by atoms with E-state index in [4.69, 9.17) is 0 Å². The summed E-state index contributed by atoms with van der Waals surface area (Å²) in [5.41, 5.74) is 2.79. The summed E-state index contributed by atoms with van der Waals surface area (Å²) >= 11 is 5.65. The van der Waals surface area contributed by atoms with Crippen LogP contribution in [0.3, 0.4) is 0 Å². The van der Waals surface area contributed by atoms with E-state index in [0.29, 0.717) is 6.04 Å². The molecule has 0 fully saturated rings. The number of aromatic nitrogens is 2. The third-order valence-electron chi connectivity index (χ3n) is 4.14. The second-order valence-corrected chi connectivity index (χ2v) is 7.96. The smallest absolute Gasteiger partial charge is 0.0851 e. The van der Waals surface area contributed by atoms with Gasteiger partial charge in [0.25, 0.3) is 0 Å². The minimum absolute atomic E-state index is 0.208. The van der Waals surface area contributed by atoms with Gasteiger partial charge < -0.3 is 5.32 Å². The van der Waals surface area contributed by atoms with Crippen LogP contribution in [0.1, 0.15) is 59.8 Å². The van der Waals surface area contributed by atoms with Crippen molar-refractivity contribution in [1.82, 2.24) is 15.1 Å². The van der Waals surface area contributed by atoms with Gasteiger partial charge in [0.15, 0.2) is 0 Å². The summed E-state index contributed by atoms with van der Waals surface area (Å²) in [6, 6.07) is 2.97. The maximum Gasteiger partial charge on any atom is 0.0851 e. The van der Waals surface area contributed by atoms with Gasteiger partial charge in [0.05, 0.1) is 22.4 Å². The third kappa shape index (κ3) is 2.83. The van der Waals surface area contributed by atoms with Crippen molar-refractivity contribution in [2.75, 3.05) is 7.05 Å². The average molecular weight is 368 g/mol. The molecule has 0 aliphatic heterocycles. The van der Waals surface area contributed by atoms with Gasteiger partial charge in [-0.05, 0) is 74.1 Å². The van der Waals surface area contributed by atoms with Crippen LogP contribution in [-0.2, 0) is 12.8 Å². The van der Waals surface area contributed by atoms with Crippen molar-refractivity contribution in [3.63, 3.8) is 0 Å². The SMILES string of the molecule is CNC(c1cc2c(s1)CCCC2)c1c(Br)cnn1C(C)C. The maximum atomic E-state index is 4.53. The summed E-state index contributed by atoms with van der Waals surface area (Å²) < 4.78 is 3.20. The summed E-state index contributed by atoms with van der Waals surface area (Å²) in [5, 5.41) is 8.01. The van der Waals surface area contributed by atoms with Gasteiger partial charge >= 0.3 is 0 Å². The Morgan fingerprint density at radius 3 is 2.76 bits per heavy atom. The van der Waals surface area contributed by atoms with Crippen molar-refractivity contribution in [1.29, 1.82) is 0 Å². The fraction of sp³-hybridized carbons (Fsp3) is 0.562. The standard InChI is InChI=1S/C16H22BrN3S/c1-10(2)20-16(12(17)9-19-20)15(18-3)14-8-11-6-4-5-7-13(11)21-14/h8-10,15,18H,4-7H2,1-3H3. The molecular formula is C16H22BrN3S. The molecule has 3 rings (SSSR count). The highest BCUT2D eigenvalue weighted by Gasteiger charge is 2.25. The van der Waals surface area contributed by atoms with Gasteiger partial charge in [0, 0.05) is 15.8 Å². The van der Waals surface area contributed by atoms with Crippen molar-refractivity contribution < 1.29 is 0 Å². The van der Waals surface area contributed by atoms with E-state index in [1.165, 1.54) is 36.3 Å². The van der Waals surface area contributed by atoms with Gasteiger partial charge in [-0.1, -0.05) is 0 Å². The maximum absolute atomic E-state index is 4.53. The first-order valence-corrected chi connectivity index (χ1v) is 9.24. The predicted molar refractivity (Wildman–Crippen MR) is 92.2 cm³/mol. The average Bonchev–Trinajstić information content (AvgIpc) is 3.04. The first kappa shape index (κ1) is 15.3. The van der Waals surface area contributed by atoms with E-state index >= 15 is 0 Å². The number of halogens is 1. The van der Waals surface area contributed by atoms with E-state index in [-0.39, 0.29) is 6.04 Å². The Bertz CT molecular complexity index is 606. The second kappa shape index (κ2) is 6.23. The molecule has 114 valence electrons. The number of rotatable bonds is 4. The Balaban J connectivity index is 2.02. The van der Waals surface area contributed by atoms with Crippen LogP contribution in [-0.4, -0.2) is 16.8 Å². The van der Waals surface area contributed by atoms with Gasteiger partial charge in [0.2, 0.25) is 0 Å². The van der Waals surface area contributed by atoms with Crippen molar-refractivity contribution in [2.24, 2.45) is 0 Å². The van der Waals surface area contributed by atoms with Crippen LogP contribution < -0.4 is 5.32 Å². The van der Waals surface area contributed by atoms with E-state index in [0.717, 1.165) is 4.47 Å². The molecule has 3 nitrogen and oxygen atoms in total. The molecule has 0 aromatic carbocycles. The number of thiophene rings is 1. The molecule has 1 unspecified atom stereocenters. The van der Waals surface area contributed by atoms with Crippen LogP contribution in [0.2, 0.25) is 0 Å². The topological polar surface area (TPSA) is 29.9 Å². The summed E-state index contributed by atoms with van der Waals surface area (Å²) in [6.45, 7) is 4.35. The highest BCUT2D eigenvalue weighted by molar-refractivity contribution is 9.10. The quantitative estimate of drug-likeness (QED) is 0.863. The number of aryl methyl sites for hydroxylation is 2. The van der Waals surface area contributed by atoms with E-state index in [1.54, 1.807) is 10.4 Å². The molecule has 0 amide bonds. The lowest BCUT2D eigenvalue weighted by Gasteiger charge is -2.19. The minimum atomic E-state index is 0.208. The van der Waals surface area contributed by atoms with E-state index in [2.05, 4.69) is 50.9 Å². The Labute approximate surface area is 138 Å². The Morgan fingerprint density at radius 2 is 2.10 bits per heavy atom. The number of fused-ring (bicyclic) bond motifs is 1. The molecule has 1 aliphatic carbocycles. The lowest BCUT2D eigenvalue weighted by molar-refractivity contribution is 0.485. The number of nitrogens with zero attached hydrogens (tertiary/aromatic N) is 2. The van der Waals surface area contributed by atoms with Crippen LogP contribution >= 0.6 is 27.3 Å². The Kier molecular flexibility index (Phi) is 4.52. The number of nitrogens with one attached hydrogen (secondary N) is 1. The Hall–Kier alpha value is -0.650. The molecule has 0 spiro atoms. The van der Waals surface area contributed by atoms with Gasteiger partial charge in [-0.2, -0.15) is 5.10 Å². The summed E-state index contributed by atoms with van der Waals surface area (Å²) in [4.78, 5) is 3.00. The van der Waals surface area contributed by atoms with Crippen molar-refractivity contribution >= 4 is 27.3 Å². The molecule has 0 saturated heterocycles. The molecule has 2 heterocycles. The highest BCUT2D eigenvalue weighted by atomic mass is 79.9. The number of hydrogen-bond donors (Lipinski definition) is 1. The lowest BCUT2D eigenvalue weighted by Crippen LogP contribution is -2.22. The molecule has 2 aromatic heterocycles. The molecule has 1 atom stereocenters. The zero-order valence-corrected chi connectivity index (χ0v) is 15.2. The first-order valence-electron chi connectivity index (χ1n) is 7.63. The molecule has 2 aromatic rings. The van der Waals surface area contributed by atoms with E-state index < -0.39 is 0 Å². The summed E-state index contributed by atoms with van der Waals surface area (Å²) in [6.07, 6.45) is 7.08. The molecule has 5 heteroatoms. The molecule has 0 bridgehead atoms. The van der Waals surface area contributed by atoms with Crippen molar-refractivity contribution in [3.05, 3.63) is 37.7 Å². The molecule has 0 saturated carbocycles. The van der Waals surface area contributed by atoms with Gasteiger partial charge in [0.1, 0.15) is 0 Å². The van der Waals surface area contributed by atoms with Gasteiger partial charge in [-0.3, -0.25) is 4.68 Å².